The van der Waals surface area contributed by atoms with E-state index < -0.39 is 0 Å². The van der Waals surface area contributed by atoms with E-state index in [9.17, 15) is 4.79 Å². The number of Topliss-reactive ketones (excluding diaryl/α,β-unsaturated/α-hetero) is 1. The van der Waals surface area contributed by atoms with Gasteiger partial charge in [-0.05, 0) is 31.0 Å². The van der Waals surface area contributed by atoms with Crippen molar-refractivity contribution >= 4 is 5.78 Å². The van der Waals surface area contributed by atoms with E-state index in [0.29, 0.717) is 5.75 Å². The molecule has 3 nitrogen and oxygen atoms in total. The van der Waals surface area contributed by atoms with Gasteiger partial charge < -0.3 is 4.74 Å². The van der Waals surface area contributed by atoms with Crippen LogP contribution in [0.2, 0.25) is 0 Å². The van der Waals surface area contributed by atoms with E-state index in [2.05, 4.69) is 0 Å². The monoisotopic (exact) mass is 203 g/mol. The number of rotatable bonds is 4. The van der Waals surface area contributed by atoms with Gasteiger partial charge in [0.1, 0.15) is 12.4 Å². The van der Waals surface area contributed by atoms with Gasteiger partial charge in [-0.25, -0.2) is 0 Å². The first-order valence-electron chi connectivity index (χ1n) is 4.73. The van der Waals surface area contributed by atoms with Crippen molar-refractivity contribution in [1.29, 1.82) is 5.26 Å². The van der Waals surface area contributed by atoms with Crippen LogP contribution in [0.3, 0.4) is 0 Å². The standard InChI is InChI=1S/C12H13NO2/c1-9-4-3-5-12(10(9)2)15-8-11(14)6-7-13/h3-5H,6,8H2,1-2H3. The molecule has 0 atom stereocenters. The van der Waals surface area contributed by atoms with Crippen LogP contribution in [0.1, 0.15) is 17.5 Å². The highest BCUT2D eigenvalue weighted by Gasteiger charge is 2.05. The largest absolute Gasteiger partial charge is 0.486 e. The zero-order valence-corrected chi connectivity index (χ0v) is 8.91. The third-order valence-corrected chi connectivity index (χ3v) is 2.22. The van der Waals surface area contributed by atoms with E-state index in [1.807, 2.05) is 32.0 Å². The Kier molecular flexibility index (Phi) is 3.87. The van der Waals surface area contributed by atoms with Crippen LogP contribution in [0, 0.1) is 25.2 Å². The van der Waals surface area contributed by atoms with Crippen molar-refractivity contribution in [3.63, 3.8) is 0 Å². The van der Waals surface area contributed by atoms with Gasteiger partial charge in [-0.3, -0.25) is 4.79 Å². The van der Waals surface area contributed by atoms with Crippen LogP contribution in [-0.4, -0.2) is 12.4 Å². The maximum Gasteiger partial charge on any atom is 0.184 e. The summed E-state index contributed by atoms with van der Waals surface area (Å²) in [4.78, 5) is 11.1. The average Bonchev–Trinajstić information content (AvgIpc) is 2.21. The molecule has 78 valence electrons. The van der Waals surface area contributed by atoms with Gasteiger partial charge in [-0.1, -0.05) is 12.1 Å². The molecule has 0 spiro atoms. The van der Waals surface area contributed by atoms with Crippen LogP contribution in [-0.2, 0) is 4.79 Å². The third-order valence-electron chi connectivity index (χ3n) is 2.22. The van der Waals surface area contributed by atoms with E-state index in [-0.39, 0.29) is 18.8 Å². The summed E-state index contributed by atoms with van der Waals surface area (Å²) in [5.41, 5.74) is 2.16. The first-order chi connectivity index (χ1) is 7.15. The van der Waals surface area contributed by atoms with E-state index in [1.54, 1.807) is 6.07 Å². The maximum absolute atomic E-state index is 11.1. The molecular weight excluding hydrogens is 190 g/mol. The molecule has 0 aliphatic heterocycles. The quantitative estimate of drug-likeness (QED) is 0.753. The van der Waals surface area contributed by atoms with Crippen molar-refractivity contribution in [3.05, 3.63) is 29.3 Å². The molecule has 0 bridgehead atoms. The Bertz CT molecular complexity index is 405. The van der Waals surface area contributed by atoms with Gasteiger partial charge in [0.25, 0.3) is 0 Å². The minimum Gasteiger partial charge on any atom is -0.486 e. The van der Waals surface area contributed by atoms with E-state index in [4.69, 9.17) is 10.00 Å². The molecule has 0 amide bonds. The van der Waals surface area contributed by atoms with Gasteiger partial charge in [-0.15, -0.1) is 0 Å². The van der Waals surface area contributed by atoms with Crippen molar-refractivity contribution in [2.75, 3.05) is 6.61 Å². The van der Waals surface area contributed by atoms with Crippen molar-refractivity contribution < 1.29 is 9.53 Å². The predicted molar refractivity (Wildman–Crippen MR) is 56.6 cm³/mol. The maximum atomic E-state index is 11.1. The predicted octanol–water partition coefficient (Wildman–Crippen LogP) is 2.17. The number of aryl methyl sites for hydroxylation is 1. The van der Waals surface area contributed by atoms with Crippen LogP contribution >= 0.6 is 0 Å². The van der Waals surface area contributed by atoms with Crippen LogP contribution in [0.25, 0.3) is 0 Å². The van der Waals surface area contributed by atoms with Crippen LogP contribution in [0.5, 0.6) is 5.75 Å². The summed E-state index contributed by atoms with van der Waals surface area (Å²) < 4.78 is 5.33. The number of carbonyl (C=O) groups is 1. The van der Waals surface area contributed by atoms with Crippen LogP contribution in [0.15, 0.2) is 18.2 Å². The molecule has 0 saturated carbocycles. The second-order valence-corrected chi connectivity index (χ2v) is 3.36. The number of hydrogen-bond acceptors (Lipinski definition) is 3. The Balaban J connectivity index is 2.63. The minimum atomic E-state index is -0.196. The van der Waals surface area contributed by atoms with Gasteiger partial charge in [0.05, 0.1) is 12.5 Å². The Labute approximate surface area is 89.3 Å². The van der Waals surface area contributed by atoms with Gasteiger partial charge in [0.15, 0.2) is 5.78 Å². The second kappa shape index (κ2) is 5.16. The number of nitriles is 1. The second-order valence-electron chi connectivity index (χ2n) is 3.36. The highest BCUT2D eigenvalue weighted by atomic mass is 16.5. The lowest BCUT2D eigenvalue weighted by atomic mass is 10.1. The average molecular weight is 203 g/mol. The molecule has 0 unspecified atom stereocenters. The molecule has 1 aromatic rings. The summed E-state index contributed by atoms with van der Waals surface area (Å²) in [6, 6.07) is 7.49. The Morgan fingerprint density at radius 1 is 1.47 bits per heavy atom. The molecule has 0 saturated heterocycles. The summed E-state index contributed by atoms with van der Waals surface area (Å²) in [5.74, 6) is 0.514. The van der Waals surface area contributed by atoms with E-state index in [1.165, 1.54) is 0 Å². The van der Waals surface area contributed by atoms with Crippen LogP contribution < -0.4 is 4.74 Å². The minimum absolute atomic E-state index is 0.0299. The summed E-state index contributed by atoms with van der Waals surface area (Å²) in [5, 5.41) is 8.31. The lowest BCUT2D eigenvalue weighted by Crippen LogP contribution is -2.10. The van der Waals surface area contributed by atoms with Gasteiger partial charge in [-0.2, -0.15) is 5.26 Å². The molecule has 3 heteroatoms. The van der Waals surface area contributed by atoms with Crippen molar-refractivity contribution in [2.24, 2.45) is 0 Å². The zero-order valence-electron chi connectivity index (χ0n) is 8.91. The molecule has 0 aliphatic carbocycles. The third kappa shape index (κ3) is 3.10. The molecule has 0 heterocycles. The lowest BCUT2D eigenvalue weighted by molar-refractivity contribution is -0.120. The number of ketones is 1. The summed E-state index contributed by atoms with van der Waals surface area (Å²) in [7, 11) is 0. The Hall–Kier alpha value is -1.82. The number of hydrogen-bond donors (Lipinski definition) is 0. The SMILES string of the molecule is Cc1cccc(OCC(=O)CC#N)c1C. The summed E-state index contributed by atoms with van der Waals surface area (Å²) in [6.07, 6.45) is -0.0924. The zero-order chi connectivity index (χ0) is 11.3. The van der Waals surface area contributed by atoms with Gasteiger partial charge >= 0.3 is 0 Å². The molecule has 15 heavy (non-hydrogen) atoms. The highest BCUT2D eigenvalue weighted by Crippen LogP contribution is 2.20. The van der Waals surface area contributed by atoms with Crippen LogP contribution in [0.4, 0.5) is 0 Å². The van der Waals surface area contributed by atoms with Crippen molar-refractivity contribution in [2.45, 2.75) is 20.3 Å². The lowest BCUT2D eigenvalue weighted by Gasteiger charge is -2.09. The summed E-state index contributed by atoms with van der Waals surface area (Å²) in [6.45, 7) is 3.90. The number of ether oxygens (including phenoxy) is 1. The Morgan fingerprint density at radius 3 is 2.87 bits per heavy atom. The van der Waals surface area contributed by atoms with E-state index >= 15 is 0 Å². The first kappa shape index (κ1) is 11.3. The molecule has 0 N–H and O–H groups in total. The van der Waals surface area contributed by atoms with E-state index in [0.717, 1.165) is 11.1 Å². The number of benzene rings is 1. The van der Waals surface area contributed by atoms with Crippen molar-refractivity contribution in [1.82, 2.24) is 0 Å². The molecule has 0 radical (unpaired) electrons. The first-order valence-corrected chi connectivity index (χ1v) is 4.73. The molecule has 1 aromatic carbocycles. The smallest absolute Gasteiger partial charge is 0.184 e. The highest BCUT2D eigenvalue weighted by molar-refractivity contribution is 5.81. The molecular formula is C12H13NO2. The number of nitrogens with zero attached hydrogens (tertiary/aromatic N) is 1. The fraction of sp³-hybridized carbons (Fsp3) is 0.333. The van der Waals surface area contributed by atoms with Gasteiger partial charge in [0.2, 0.25) is 0 Å². The number of carbonyl (C=O) groups excluding carboxylic acids is 1. The Morgan fingerprint density at radius 2 is 2.20 bits per heavy atom. The topological polar surface area (TPSA) is 50.1 Å². The molecule has 0 aliphatic rings. The molecule has 1 rings (SSSR count). The van der Waals surface area contributed by atoms with Gasteiger partial charge in [0, 0.05) is 0 Å². The normalized spacial score (nSPS) is 9.40. The molecule has 0 aromatic heterocycles. The fourth-order valence-corrected chi connectivity index (χ4v) is 1.18. The van der Waals surface area contributed by atoms with Crippen molar-refractivity contribution in [3.8, 4) is 11.8 Å². The molecule has 0 fully saturated rings. The fourth-order valence-electron chi connectivity index (χ4n) is 1.18. The summed E-state index contributed by atoms with van der Waals surface area (Å²) >= 11 is 0.